The molecule has 4 aromatic rings. The lowest BCUT2D eigenvalue weighted by Gasteiger charge is -2.30. The minimum Gasteiger partial charge on any atom is -0.493 e. The highest BCUT2D eigenvalue weighted by atomic mass is 16.5. The van der Waals surface area contributed by atoms with E-state index in [1.165, 1.54) is 5.56 Å². The number of pyridine rings is 1. The molecular formula is C25H30N6O2. The Morgan fingerprint density at radius 3 is 2.79 bits per heavy atom. The molecule has 1 saturated heterocycles. The zero-order valence-corrected chi connectivity index (χ0v) is 19.4. The summed E-state index contributed by atoms with van der Waals surface area (Å²) < 4.78 is 14.9. The molecule has 172 valence electrons. The van der Waals surface area contributed by atoms with E-state index < -0.39 is 0 Å². The van der Waals surface area contributed by atoms with E-state index in [-0.39, 0.29) is 0 Å². The van der Waals surface area contributed by atoms with Crippen LogP contribution in [0.2, 0.25) is 0 Å². The highest BCUT2D eigenvalue weighted by molar-refractivity contribution is 5.74. The first-order valence-electron chi connectivity index (χ1n) is 11.5. The zero-order chi connectivity index (χ0) is 22.8. The Bertz CT molecular complexity index is 1250. The Hall–Kier alpha value is -3.39. The average Bonchev–Trinajstić information content (AvgIpc) is 3.49. The van der Waals surface area contributed by atoms with Crippen molar-refractivity contribution in [2.24, 2.45) is 0 Å². The van der Waals surface area contributed by atoms with Crippen molar-refractivity contribution in [3.63, 3.8) is 0 Å². The number of hydrogen-bond acceptors (Lipinski definition) is 6. The van der Waals surface area contributed by atoms with Crippen LogP contribution in [0.3, 0.4) is 0 Å². The van der Waals surface area contributed by atoms with Gasteiger partial charge in [-0.05, 0) is 44.5 Å². The largest absolute Gasteiger partial charge is 0.493 e. The van der Waals surface area contributed by atoms with Crippen LogP contribution in [0.15, 0.2) is 48.9 Å². The molecule has 1 aliphatic heterocycles. The fourth-order valence-corrected chi connectivity index (χ4v) is 4.68. The van der Waals surface area contributed by atoms with E-state index in [1.54, 1.807) is 14.2 Å². The third kappa shape index (κ3) is 4.30. The van der Waals surface area contributed by atoms with Gasteiger partial charge in [-0.2, -0.15) is 10.2 Å². The van der Waals surface area contributed by atoms with Crippen molar-refractivity contribution in [3.8, 4) is 22.6 Å². The third-order valence-corrected chi connectivity index (χ3v) is 6.35. The first-order valence-corrected chi connectivity index (χ1v) is 11.5. The van der Waals surface area contributed by atoms with E-state index >= 15 is 0 Å². The van der Waals surface area contributed by atoms with Gasteiger partial charge in [0.25, 0.3) is 0 Å². The first-order chi connectivity index (χ1) is 16.2. The van der Waals surface area contributed by atoms with Gasteiger partial charge in [0.1, 0.15) is 0 Å². The number of para-hydroxylation sites is 1. The van der Waals surface area contributed by atoms with Crippen molar-refractivity contribution in [1.29, 1.82) is 0 Å². The molecule has 5 rings (SSSR count). The van der Waals surface area contributed by atoms with Gasteiger partial charge in [0, 0.05) is 54.6 Å². The topological polar surface area (TPSA) is 69.7 Å². The molecule has 1 atom stereocenters. The number of piperidine rings is 1. The maximum Gasteiger partial charge on any atom is 0.168 e. The number of rotatable bonds is 7. The highest BCUT2D eigenvalue weighted by Gasteiger charge is 2.25. The molecule has 3 aromatic heterocycles. The number of aromatic nitrogens is 5. The van der Waals surface area contributed by atoms with E-state index in [1.807, 2.05) is 45.9 Å². The lowest BCUT2D eigenvalue weighted by molar-refractivity contribution is 0.196. The number of likely N-dealkylation sites (tertiary alicyclic amines) is 1. The van der Waals surface area contributed by atoms with Crippen LogP contribution < -0.4 is 9.47 Å². The van der Waals surface area contributed by atoms with Crippen LogP contribution in [0.5, 0.6) is 11.5 Å². The summed E-state index contributed by atoms with van der Waals surface area (Å²) in [4.78, 5) is 7.35. The first kappa shape index (κ1) is 21.5. The van der Waals surface area contributed by atoms with Gasteiger partial charge in [-0.25, -0.2) is 9.50 Å². The molecule has 1 aliphatic rings. The maximum atomic E-state index is 5.62. The van der Waals surface area contributed by atoms with Crippen LogP contribution in [-0.4, -0.2) is 56.6 Å². The quantitative estimate of drug-likeness (QED) is 0.427. The smallest absolute Gasteiger partial charge is 0.168 e. The van der Waals surface area contributed by atoms with Crippen LogP contribution in [0.25, 0.3) is 16.8 Å². The summed E-state index contributed by atoms with van der Waals surface area (Å²) in [6.45, 7) is 5.99. The van der Waals surface area contributed by atoms with E-state index in [0.29, 0.717) is 17.4 Å². The Kier molecular flexibility index (Phi) is 6.00. The van der Waals surface area contributed by atoms with E-state index in [0.717, 1.165) is 61.6 Å². The SMILES string of the molecule is CCn1cc(CN2CCCC(c3nc4ccc(-c5cccc(OC)c5OC)cn4n3)C2)cn1. The van der Waals surface area contributed by atoms with Gasteiger partial charge < -0.3 is 9.47 Å². The number of hydrogen-bond donors (Lipinski definition) is 0. The molecule has 1 unspecified atom stereocenters. The van der Waals surface area contributed by atoms with Crippen LogP contribution in [0, 0.1) is 0 Å². The van der Waals surface area contributed by atoms with Gasteiger partial charge in [0.15, 0.2) is 23.0 Å². The summed E-state index contributed by atoms with van der Waals surface area (Å²) in [5.74, 6) is 2.67. The van der Waals surface area contributed by atoms with Crippen molar-refractivity contribution in [3.05, 3.63) is 60.3 Å². The van der Waals surface area contributed by atoms with Crippen LogP contribution in [-0.2, 0) is 13.1 Å². The second-order valence-corrected chi connectivity index (χ2v) is 8.51. The molecule has 8 heteroatoms. The molecule has 1 aromatic carbocycles. The number of benzene rings is 1. The summed E-state index contributed by atoms with van der Waals surface area (Å²) in [6.07, 6.45) is 8.39. The Labute approximate surface area is 193 Å². The molecule has 0 spiro atoms. The number of aryl methyl sites for hydroxylation is 1. The molecule has 0 aliphatic carbocycles. The summed E-state index contributed by atoms with van der Waals surface area (Å²) in [7, 11) is 3.31. The van der Waals surface area contributed by atoms with Gasteiger partial charge in [0.2, 0.25) is 0 Å². The minimum absolute atomic E-state index is 0.328. The normalized spacial score (nSPS) is 16.9. The van der Waals surface area contributed by atoms with Crippen LogP contribution >= 0.6 is 0 Å². The van der Waals surface area contributed by atoms with E-state index in [9.17, 15) is 0 Å². The molecule has 0 radical (unpaired) electrons. The highest BCUT2D eigenvalue weighted by Crippen LogP contribution is 2.37. The Balaban J connectivity index is 1.37. The van der Waals surface area contributed by atoms with Crippen LogP contribution in [0.1, 0.15) is 37.1 Å². The van der Waals surface area contributed by atoms with Gasteiger partial charge in [-0.15, -0.1) is 0 Å². The van der Waals surface area contributed by atoms with Crippen molar-refractivity contribution in [2.75, 3.05) is 27.3 Å². The van der Waals surface area contributed by atoms with Gasteiger partial charge in [0.05, 0.1) is 20.4 Å². The number of methoxy groups -OCH3 is 2. The van der Waals surface area contributed by atoms with Crippen molar-refractivity contribution in [2.45, 2.75) is 38.8 Å². The van der Waals surface area contributed by atoms with Crippen molar-refractivity contribution in [1.82, 2.24) is 29.3 Å². The van der Waals surface area contributed by atoms with E-state index in [4.69, 9.17) is 19.6 Å². The average molecular weight is 447 g/mol. The lowest BCUT2D eigenvalue weighted by Crippen LogP contribution is -2.34. The molecule has 33 heavy (non-hydrogen) atoms. The summed E-state index contributed by atoms with van der Waals surface area (Å²) in [6, 6.07) is 9.97. The molecular weight excluding hydrogens is 416 g/mol. The summed E-state index contributed by atoms with van der Waals surface area (Å²) in [5, 5.41) is 9.28. The molecule has 0 amide bonds. The molecule has 4 heterocycles. The van der Waals surface area contributed by atoms with Crippen LogP contribution in [0.4, 0.5) is 0 Å². The number of nitrogens with zero attached hydrogens (tertiary/aromatic N) is 6. The number of fused-ring (bicyclic) bond motifs is 1. The lowest BCUT2D eigenvalue weighted by atomic mass is 9.97. The van der Waals surface area contributed by atoms with E-state index in [2.05, 4.69) is 29.2 Å². The summed E-state index contributed by atoms with van der Waals surface area (Å²) in [5.41, 5.74) is 4.09. The van der Waals surface area contributed by atoms with Gasteiger partial charge in [-0.1, -0.05) is 12.1 Å². The zero-order valence-electron chi connectivity index (χ0n) is 19.4. The molecule has 8 nitrogen and oxygen atoms in total. The fraction of sp³-hybridized carbons (Fsp3) is 0.400. The molecule has 0 N–H and O–H groups in total. The number of ether oxygens (including phenoxy) is 2. The van der Waals surface area contributed by atoms with Gasteiger partial charge in [-0.3, -0.25) is 9.58 Å². The summed E-state index contributed by atoms with van der Waals surface area (Å²) >= 11 is 0. The predicted molar refractivity (Wildman–Crippen MR) is 127 cm³/mol. The second kappa shape index (κ2) is 9.23. The maximum absolute atomic E-state index is 5.62. The Morgan fingerprint density at radius 2 is 2.00 bits per heavy atom. The Morgan fingerprint density at radius 1 is 1.09 bits per heavy atom. The van der Waals surface area contributed by atoms with Crippen molar-refractivity contribution >= 4 is 5.65 Å². The minimum atomic E-state index is 0.328. The monoisotopic (exact) mass is 446 g/mol. The molecule has 0 bridgehead atoms. The second-order valence-electron chi connectivity index (χ2n) is 8.51. The molecule has 0 saturated carbocycles. The third-order valence-electron chi connectivity index (χ3n) is 6.35. The predicted octanol–water partition coefficient (Wildman–Crippen LogP) is 4.01. The standard InChI is InChI=1S/C25H30N6O2/c1-4-30-15-18(13-26-30)14-29-12-6-7-20(16-29)25-27-23-11-10-19(17-31(23)28-25)21-8-5-9-22(32-2)24(21)33-3/h5,8-11,13,15,17,20H,4,6-7,12,14,16H2,1-3H3. The van der Waals surface area contributed by atoms with Gasteiger partial charge >= 0.3 is 0 Å². The fourth-order valence-electron chi connectivity index (χ4n) is 4.68. The van der Waals surface area contributed by atoms with Crippen molar-refractivity contribution < 1.29 is 9.47 Å². The molecule has 1 fully saturated rings.